The molecule has 0 aliphatic rings. The number of nitrogens with one attached hydrogen (secondary N) is 2. The summed E-state index contributed by atoms with van der Waals surface area (Å²) in [5, 5.41) is 10.1. The van der Waals surface area contributed by atoms with E-state index < -0.39 is 6.04 Å². The first kappa shape index (κ1) is 20.3. The van der Waals surface area contributed by atoms with Gasteiger partial charge in [0, 0.05) is 24.5 Å². The number of benzene rings is 2. The molecule has 1 heterocycles. The Kier molecular flexibility index (Phi) is 6.79. The lowest BCUT2D eigenvalue weighted by atomic mass is 10.0. The fourth-order valence-electron chi connectivity index (χ4n) is 3.09. The van der Waals surface area contributed by atoms with Crippen molar-refractivity contribution in [2.24, 2.45) is 5.92 Å². The zero-order valence-electron chi connectivity index (χ0n) is 16.7. The van der Waals surface area contributed by atoms with Crippen LogP contribution < -0.4 is 10.6 Å². The molecule has 0 aliphatic carbocycles. The topological polar surface area (TPSA) is 76.0 Å². The van der Waals surface area contributed by atoms with Crippen LogP contribution >= 0.6 is 0 Å². The molecule has 0 saturated carbocycles. The van der Waals surface area contributed by atoms with Crippen molar-refractivity contribution in [2.45, 2.75) is 33.0 Å². The Hall–Kier alpha value is -3.41. The van der Waals surface area contributed by atoms with E-state index >= 15 is 0 Å². The van der Waals surface area contributed by atoms with Crippen molar-refractivity contribution in [1.82, 2.24) is 20.4 Å². The molecule has 0 radical (unpaired) electrons. The van der Waals surface area contributed by atoms with Gasteiger partial charge in [-0.25, -0.2) is 0 Å². The minimum Gasteiger partial charge on any atom is -0.350 e. The van der Waals surface area contributed by atoms with E-state index in [0.29, 0.717) is 18.7 Å². The average Bonchev–Trinajstić information content (AvgIpc) is 3.24. The van der Waals surface area contributed by atoms with Crippen molar-refractivity contribution in [3.8, 4) is 0 Å². The maximum absolute atomic E-state index is 12.8. The molecular weight excluding hydrogens is 364 g/mol. The van der Waals surface area contributed by atoms with Crippen molar-refractivity contribution in [1.29, 1.82) is 0 Å². The standard InChI is InChI=1S/C23H26N4O2/c1-17(2)21(26-22(28)18-9-4-3-5-10-18)23(29)24-15-19-11-6-7-12-20(19)16-27-14-8-13-25-27/h3-14,17,21H,15-16H2,1-2H3,(H,24,29)(H,26,28)/t21-/m1/s1. The van der Waals surface area contributed by atoms with E-state index in [1.165, 1.54) is 0 Å². The molecule has 2 amide bonds. The van der Waals surface area contributed by atoms with Gasteiger partial charge in [-0.3, -0.25) is 14.3 Å². The zero-order valence-corrected chi connectivity index (χ0v) is 16.7. The van der Waals surface area contributed by atoms with Crippen molar-refractivity contribution in [3.05, 3.63) is 89.7 Å². The number of rotatable bonds is 8. The highest BCUT2D eigenvalue weighted by Crippen LogP contribution is 2.11. The molecule has 6 heteroatoms. The number of hydrogen-bond donors (Lipinski definition) is 2. The summed E-state index contributed by atoms with van der Waals surface area (Å²) >= 11 is 0. The van der Waals surface area contributed by atoms with Crippen LogP contribution in [-0.2, 0) is 17.9 Å². The summed E-state index contributed by atoms with van der Waals surface area (Å²) in [5.74, 6) is -0.487. The Morgan fingerprint density at radius 2 is 1.66 bits per heavy atom. The van der Waals surface area contributed by atoms with Gasteiger partial charge in [0.25, 0.3) is 5.91 Å². The first-order valence-corrected chi connectivity index (χ1v) is 9.72. The number of aromatic nitrogens is 2. The molecule has 0 saturated heterocycles. The van der Waals surface area contributed by atoms with Crippen LogP contribution in [0.25, 0.3) is 0 Å². The zero-order chi connectivity index (χ0) is 20.6. The molecular formula is C23H26N4O2. The molecule has 150 valence electrons. The van der Waals surface area contributed by atoms with E-state index in [1.807, 2.05) is 61.1 Å². The molecule has 2 aromatic carbocycles. The van der Waals surface area contributed by atoms with E-state index in [2.05, 4.69) is 15.7 Å². The molecule has 0 bridgehead atoms. The van der Waals surface area contributed by atoms with Gasteiger partial charge in [-0.1, -0.05) is 56.3 Å². The third kappa shape index (κ3) is 5.54. The second-order valence-corrected chi connectivity index (χ2v) is 7.25. The lowest BCUT2D eigenvalue weighted by Crippen LogP contribution is -2.49. The first-order chi connectivity index (χ1) is 14.0. The SMILES string of the molecule is CC(C)[C@@H](NC(=O)c1ccccc1)C(=O)NCc1ccccc1Cn1cccn1. The van der Waals surface area contributed by atoms with Gasteiger partial charge in [-0.2, -0.15) is 5.10 Å². The molecule has 29 heavy (non-hydrogen) atoms. The highest BCUT2D eigenvalue weighted by molar-refractivity contribution is 5.97. The first-order valence-electron chi connectivity index (χ1n) is 9.72. The molecule has 3 aromatic rings. The van der Waals surface area contributed by atoms with Crippen LogP contribution in [0.15, 0.2) is 73.1 Å². The average molecular weight is 390 g/mol. The monoisotopic (exact) mass is 390 g/mol. The summed E-state index contributed by atoms with van der Waals surface area (Å²) in [6, 6.07) is 18.1. The maximum atomic E-state index is 12.8. The Morgan fingerprint density at radius 1 is 0.966 bits per heavy atom. The van der Waals surface area contributed by atoms with Crippen molar-refractivity contribution in [3.63, 3.8) is 0 Å². The third-order valence-corrected chi connectivity index (χ3v) is 4.73. The Balaban J connectivity index is 1.64. The van der Waals surface area contributed by atoms with E-state index in [1.54, 1.807) is 30.5 Å². The molecule has 6 nitrogen and oxygen atoms in total. The number of hydrogen-bond acceptors (Lipinski definition) is 3. The fourth-order valence-corrected chi connectivity index (χ4v) is 3.09. The molecule has 1 aromatic heterocycles. The highest BCUT2D eigenvalue weighted by Gasteiger charge is 2.24. The summed E-state index contributed by atoms with van der Waals surface area (Å²) in [6.07, 6.45) is 3.65. The molecule has 2 N–H and O–H groups in total. The molecule has 0 unspecified atom stereocenters. The van der Waals surface area contributed by atoms with Crippen LogP contribution in [0.3, 0.4) is 0 Å². The van der Waals surface area contributed by atoms with Gasteiger partial charge < -0.3 is 10.6 Å². The van der Waals surface area contributed by atoms with E-state index in [4.69, 9.17) is 0 Å². The van der Waals surface area contributed by atoms with Gasteiger partial charge >= 0.3 is 0 Å². The maximum Gasteiger partial charge on any atom is 0.251 e. The number of nitrogens with zero attached hydrogens (tertiary/aromatic N) is 2. The summed E-state index contributed by atoms with van der Waals surface area (Å²) < 4.78 is 1.84. The largest absolute Gasteiger partial charge is 0.350 e. The van der Waals surface area contributed by atoms with Gasteiger partial charge in [-0.15, -0.1) is 0 Å². The van der Waals surface area contributed by atoms with Crippen LogP contribution in [0.2, 0.25) is 0 Å². The number of amides is 2. The summed E-state index contributed by atoms with van der Waals surface area (Å²) in [4.78, 5) is 25.3. The van der Waals surface area contributed by atoms with Gasteiger partial charge in [0.05, 0.1) is 6.54 Å². The normalized spacial score (nSPS) is 11.8. The summed E-state index contributed by atoms with van der Waals surface area (Å²) in [7, 11) is 0. The van der Waals surface area contributed by atoms with Crippen LogP contribution in [0.4, 0.5) is 0 Å². The summed E-state index contributed by atoms with van der Waals surface area (Å²) in [6.45, 7) is 4.86. The second kappa shape index (κ2) is 9.68. The Bertz CT molecular complexity index is 937. The predicted molar refractivity (Wildman–Crippen MR) is 112 cm³/mol. The van der Waals surface area contributed by atoms with Gasteiger partial charge in [0.15, 0.2) is 0 Å². The lowest BCUT2D eigenvalue weighted by Gasteiger charge is -2.22. The van der Waals surface area contributed by atoms with E-state index in [-0.39, 0.29) is 17.7 Å². The van der Waals surface area contributed by atoms with Crippen LogP contribution in [-0.4, -0.2) is 27.6 Å². The fraction of sp³-hybridized carbons (Fsp3) is 0.261. The third-order valence-electron chi connectivity index (χ3n) is 4.73. The lowest BCUT2D eigenvalue weighted by molar-refractivity contribution is -0.124. The van der Waals surface area contributed by atoms with Gasteiger partial charge in [0.1, 0.15) is 6.04 Å². The quantitative estimate of drug-likeness (QED) is 0.621. The smallest absolute Gasteiger partial charge is 0.251 e. The number of carbonyl (C=O) groups excluding carboxylic acids is 2. The van der Waals surface area contributed by atoms with Crippen LogP contribution in [0.5, 0.6) is 0 Å². The minimum absolute atomic E-state index is 0.0398. The highest BCUT2D eigenvalue weighted by atomic mass is 16.2. The Labute approximate surface area is 170 Å². The Morgan fingerprint density at radius 3 is 2.31 bits per heavy atom. The van der Waals surface area contributed by atoms with Crippen LogP contribution in [0.1, 0.15) is 35.3 Å². The second-order valence-electron chi connectivity index (χ2n) is 7.25. The summed E-state index contributed by atoms with van der Waals surface area (Å²) in [5.41, 5.74) is 2.65. The van der Waals surface area contributed by atoms with E-state index in [0.717, 1.165) is 11.1 Å². The number of carbonyl (C=O) groups is 2. The molecule has 0 aliphatic heterocycles. The van der Waals surface area contributed by atoms with Gasteiger partial charge in [-0.05, 0) is 35.2 Å². The van der Waals surface area contributed by atoms with Gasteiger partial charge in [0.2, 0.25) is 5.91 Å². The molecule has 0 fully saturated rings. The molecule has 0 spiro atoms. The van der Waals surface area contributed by atoms with Crippen molar-refractivity contribution < 1.29 is 9.59 Å². The molecule has 3 rings (SSSR count). The van der Waals surface area contributed by atoms with Crippen molar-refractivity contribution in [2.75, 3.05) is 0 Å². The van der Waals surface area contributed by atoms with Crippen LogP contribution in [0, 0.1) is 5.92 Å². The predicted octanol–water partition coefficient (Wildman–Crippen LogP) is 3.00. The van der Waals surface area contributed by atoms with E-state index in [9.17, 15) is 9.59 Å². The molecule has 1 atom stereocenters. The minimum atomic E-state index is -0.610. The van der Waals surface area contributed by atoms with Crippen molar-refractivity contribution >= 4 is 11.8 Å².